The van der Waals surface area contributed by atoms with E-state index in [0.29, 0.717) is 5.75 Å². The molecule has 1 aliphatic carbocycles. The number of halogens is 1. The van der Waals surface area contributed by atoms with Crippen molar-refractivity contribution in [3.05, 3.63) is 28.2 Å². The number of carbonyl (C=O) groups excluding carboxylic acids is 1. The maximum absolute atomic E-state index is 11.6. The first kappa shape index (κ1) is 14.7. The minimum Gasteiger partial charge on any atom is -0.496 e. The minimum absolute atomic E-state index is 0.143. The lowest BCUT2D eigenvalue weighted by molar-refractivity contribution is -0.118. The Morgan fingerprint density at radius 2 is 2.32 bits per heavy atom. The van der Waals surface area contributed by atoms with Crippen molar-refractivity contribution in [2.24, 2.45) is 5.92 Å². The summed E-state index contributed by atoms with van der Waals surface area (Å²) >= 11 is 5.10. The fourth-order valence-corrected chi connectivity index (χ4v) is 3.09. The second kappa shape index (κ2) is 7.20. The van der Waals surface area contributed by atoms with Gasteiger partial charge in [0.2, 0.25) is 5.91 Å². The lowest BCUT2D eigenvalue weighted by Gasteiger charge is -2.07. The Morgan fingerprint density at radius 3 is 2.95 bits per heavy atom. The fourth-order valence-electron chi connectivity index (χ4n) is 1.69. The molecule has 0 bridgehead atoms. The number of carbonyl (C=O) groups is 1. The van der Waals surface area contributed by atoms with Gasteiger partial charge in [-0.15, -0.1) is 11.8 Å². The third-order valence-electron chi connectivity index (χ3n) is 3.00. The van der Waals surface area contributed by atoms with Crippen LogP contribution in [0.25, 0.3) is 0 Å². The van der Waals surface area contributed by atoms with Crippen LogP contribution in [0.2, 0.25) is 0 Å². The van der Waals surface area contributed by atoms with Crippen molar-refractivity contribution in [2.75, 3.05) is 19.4 Å². The summed E-state index contributed by atoms with van der Waals surface area (Å²) in [5, 5.41) is 2.97. The van der Waals surface area contributed by atoms with Crippen LogP contribution in [-0.2, 0) is 10.5 Å². The van der Waals surface area contributed by atoms with E-state index in [-0.39, 0.29) is 5.91 Å². The standard InChI is InChI=1S/C14H18BrNO2S/c1-18-13-5-4-11(6-12(13)15)8-19-9-14(17)16-7-10-2-3-10/h4-6,10H,2-3,7-9H2,1H3,(H,16,17). The van der Waals surface area contributed by atoms with Crippen LogP contribution < -0.4 is 10.1 Å². The Kier molecular flexibility index (Phi) is 5.58. The predicted molar refractivity (Wildman–Crippen MR) is 82.6 cm³/mol. The molecule has 0 radical (unpaired) electrons. The van der Waals surface area contributed by atoms with Crippen molar-refractivity contribution in [3.8, 4) is 5.75 Å². The van der Waals surface area contributed by atoms with Gasteiger partial charge in [-0.25, -0.2) is 0 Å². The summed E-state index contributed by atoms with van der Waals surface area (Å²) < 4.78 is 6.14. The molecule has 1 fully saturated rings. The molecule has 2 rings (SSSR count). The number of hydrogen-bond donors (Lipinski definition) is 1. The van der Waals surface area contributed by atoms with E-state index in [1.807, 2.05) is 18.2 Å². The first-order chi connectivity index (χ1) is 9.19. The van der Waals surface area contributed by atoms with Crippen LogP contribution in [0, 0.1) is 5.92 Å². The molecule has 1 aromatic carbocycles. The van der Waals surface area contributed by atoms with Gasteiger partial charge in [0, 0.05) is 12.3 Å². The largest absolute Gasteiger partial charge is 0.496 e. The molecule has 0 spiro atoms. The Labute approximate surface area is 126 Å². The molecule has 3 nitrogen and oxygen atoms in total. The van der Waals surface area contributed by atoms with Crippen LogP contribution in [0.5, 0.6) is 5.75 Å². The van der Waals surface area contributed by atoms with Gasteiger partial charge in [0.25, 0.3) is 0 Å². The number of hydrogen-bond acceptors (Lipinski definition) is 3. The molecule has 1 aromatic rings. The average Bonchev–Trinajstić information content (AvgIpc) is 3.21. The maximum atomic E-state index is 11.6. The molecule has 0 heterocycles. The highest BCUT2D eigenvalue weighted by molar-refractivity contribution is 9.10. The number of benzene rings is 1. The van der Waals surface area contributed by atoms with E-state index >= 15 is 0 Å². The van der Waals surface area contributed by atoms with Crippen molar-refractivity contribution in [1.82, 2.24) is 5.32 Å². The van der Waals surface area contributed by atoms with Crippen molar-refractivity contribution in [2.45, 2.75) is 18.6 Å². The molecule has 1 aliphatic rings. The van der Waals surface area contributed by atoms with Crippen LogP contribution in [0.1, 0.15) is 18.4 Å². The van der Waals surface area contributed by atoms with Gasteiger partial charge in [-0.05, 0) is 52.4 Å². The average molecular weight is 344 g/mol. The lowest BCUT2D eigenvalue weighted by atomic mass is 10.2. The highest BCUT2D eigenvalue weighted by Gasteiger charge is 2.21. The summed E-state index contributed by atoms with van der Waals surface area (Å²) in [4.78, 5) is 11.6. The molecule has 0 unspecified atom stereocenters. The molecule has 5 heteroatoms. The number of thioether (sulfide) groups is 1. The number of rotatable bonds is 7. The second-order valence-corrected chi connectivity index (χ2v) is 6.55. The predicted octanol–water partition coefficient (Wildman–Crippen LogP) is 3.22. The van der Waals surface area contributed by atoms with E-state index in [0.717, 1.165) is 28.4 Å². The zero-order chi connectivity index (χ0) is 13.7. The summed E-state index contributed by atoms with van der Waals surface area (Å²) in [7, 11) is 1.65. The van der Waals surface area contributed by atoms with Crippen LogP contribution >= 0.6 is 27.7 Å². The van der Waals surface area contributed by atoms with E-state index in [2.05, 4.69) is 21.2 Å². The molecule has 1 N–H and O–H groups in total. The van der Waals surface area contributed by atoms with E-state index < -0.39 is 0 Å². The normalized spacial score (nSPS) is 14.2. The van der Waals surface area contributed by atoms with Gasteiger partial charge in [-0.3, -0.25) is 4.79 Å². The van der Waals surface area contributed by atoms with Gasteiger partial charge in [0.05, 0.1) is 17.3 Å². The third kappa shape index (κ3) is 5.07. The Morgan fingerprint density at radius 1 is 1.53 bits per heavy atom. The van der Waals surface area contributed by atoms with Crippen molar-refractivity contribution in [3.63, 3.8) is 0 Å². The van der Waals surface area contributed by atoms with Crippen molar-refractivity contribution in [1.29, 1.82) is 0 Å². The van der Waals surface area contributed by atoms with E-state index in [1.54, 1.807) is 18.9 Å². The van der Waals surface area contributed by atoms with Gasteiger partial charge in [-0.2, -0.15) is 0 Å². The van der Waals surface area contributed by atoms with Crippen LogP contribution in [0.15, 0.2) is 22.7 Å². The van der Waals surface area contributed by atoms with E-state index in [1.165, 1.54) is 18.4 Å². The number of amides is 1. The molecule has 1 amide bonds. The second-order valence-electron chi connectivity index (χ2n) is 4.71. The molecule has 0 atom stereocenters. The van der Waals surface area contributed by atoms with Gasteiger partial charge in [-0.1, -0.05) is 6.07 Å². The van der Waals surface area contributed by atoms with E-state index in [4.69, 9.17) is 4.74 Å². The Hall–Kier alpha value is -0.680. The van der Waals surface area contributed by atoms with Gasteiger partial charge >= 0.3 is 0 Å². The SMILES string of the molecule is COc1ccc(CSCC(=O)NCC2CC2)cc1Br. The van der Waals surface area contributed by atoms with Crippen molar-refractivity contribution < 1.29 is 9.53 Å². The number of methoxy groups -OCH3 is 1. The lowest BCUT2D eigenvalue weighted by Crippen LogP contribution is -2.27. The monoisotopic (exact) mass is 343 g/mol. The summed E-state index contributed by atoms with van der Waals surface area (Å²) in [5.74, 6) is 3.07. The number of ether oxygens (including phenoxy) is 1. The fraction of sp³-hybridized carbons (Fsp3) is 0.500. The summed E-state index contributed by atoms with van der Waals surface area (Å²) in [6, 6.07) is 6.00. The van der Waals surface area contributed by atoms with Gasteiger partial charge < -0.3 is 10.1 Å². The molecule has 0 aliphatic heterocycles. The first-order valence-corrected chi connectivity index (χ1v) is 8.30. The molecule has 104 valence electrons. The number of nitrogens with one attached hydrogen (secondary N) is 1. The van der Waals surface area contributed by atoms with Crippen LogP contribution in [-0.4, -0.2) is 25.3 Å². The molecule has 0 aromatic heterocycles. The summed E-state index contributed by atoms with van der Waals surface area (Å²) in [6.45, 7) is 0.855. The highest BCUT2D eigenvalue weighted by Crippen LogP contribution is 2.28. The van der Waals surface area contributed by atoms with Crippen LogP contribution in [0.4, 0.5) is 0 Å². The third-order valence-corrected chi connectivity index (χ3v) is 4.63. The Balaban J connectivity index is 1.69. The molecule has 1 saturated carbocycles. The molecular weight excluding hydrogens is 326 g/mol. The van der Waals surface area contributed by atoms with Crippen LogP contribution in [0.3, 0.4) is 0 Å². The molecule has 0 saturated heterocycles. The quantitative estimate of drug-likeness (QED) is 0.825. The van der Waals surface area contributed by atoms with Gasteiger partial charge in [0.1, 0.15) is 5.75 Å². The minimum atomic E-state index is 0.143. The van der Waals surface area contributed by atoms with E-state index in [9.17, 15) is 4.79 Å². The summed E-state index contributed by atoms with van der Waals surface area (Å²) in [6.07, 6.45) is 2.54. The Bertz CT molecular complexity index is 449. The first-order valence-electron chi connectivity index (χ1n) is 6.36. The molecule has 19 heavy (non-hydrogen) atoms. The molecular formula is C14H18BrNO2S. The zero-order valence-corrected chi connectivity index (χ0v) is 13.4. The zero-order valence-electron chi connectivity index (χ0n) is 10.9. The summed E-state index contributed by atoms with van der Waals surface area (Å²) in [5.41, 5.74) is 1.19. The smallest absolute Gasteiger partial charge is 0.230 e. The van der Waals surface area contributed by atoms with Gasteiger partial charge in [0.15, 0.2) is 0 Å². The highest BCUT2D eigenvalue weighted by atomic mass is 79.9. The van der Waals surface area contributed by atoms with Crippen molar-refractivity contribution >= 4 is 33.6 Å². The topological polar surface area (TPSA) is 38.3 Å². The maximum Gasteiger partial charge on any atom is 0.230 e.